The van der Waals surface area contributed by atoms with Crippen molar-refractivity contribution in [3.63, 3.8) is 0 Å². The Labute approximate surface area is 125 Å². The normalized spacial score (nSPS) is 21.2. The van der Waals surface area contributed by atoms with E-state index >= 15 is 0 Å². The third-order valence-electron chi connectivity index (χ3n) is 3.82. The molecule has 0 radical (unpaired) electrons. The van der Waals surface area contributed by atoms with Crippen molar-refractivity contribution in [2.45, 2.75) is 44.8 Å². The van der Waals surface area contributed by atoms with Crippen LogP contribution in [0.15, 0.2) is 18.2 Å². The molecule has 2 N–H and O–H groups in total. The lowest BCUT2D eigenvalue weighted by atomic mass is 10.1. The fraction of sp³-hybridized carbons (Fsp3) is 0.600. The molecule has 0 aliphatic heterocycles. The number of non-ortho nitro benzene ring substituents is 1. The van der Waals surface area contributed by atoms with E-state index in [2.05, 4.69) is 17.6 Å². The van der Waals surface area contributed by atoms with Crippen LogP contribution in [0.4, 0.5) is 17.1 Å². The molecule has 2 rings (SSSR count). The molecule has 1 saturated carbocycles. The van der Waals surface area contributed by atoms with Gasteiger partial charge >= 0.3 is 0 Å². The topological polar surface area (TPSA) is 76.4 Å². The summed E-state index contributed by atoms with van der Waals surface area (Å²) < 4.78 is 5.46. The predicted molar refractivity (Wildman–Crippen MR) is 83.9 cm³/mol. The van der Waals surface area contributed by atoms with Crippen LogP contribution < -0.4 is 10.6 Å². The number of anilines is 2. The highest BCUT2D eigenvalue weighted by Crippen LogP contribution is 2.29. The monoisotopic (exact) mass is 293 g/mol. The molecule has 0 heterocycles. The molecule has 0 saturated heterocycles. The van der Waals surface area contributed by atoms with Gasteiger partial charge in [-0.2, -0.15) is 0 Å². The first-order valence-electron chi connectivity index (χ1n) is 7.46. The number of nitrogens with one attached hydrogen (secondary N) is 2. The summed E-state index contributed by atoms with van der Waals surface area (Å²) in [5, 5.41) is 17.7. The highest BCUT2D eigenvalue weighted by Gasteiger charge is 2.27. The molecule has 21 heavy (non-hydrogen) atoms. The minimum absolute atomic E-state index is 0.102. The molecule has 6 nitrogen and oxygen atoms in total. The molecule has 116 valence electrons. The number of hydrogen-bond donors (Lipinski definition) is 2. The van der Waals surface area contributed by atoms with Crippen molar-refractivity contribution in [3.05, 3.63) is 28.3 Å². The van der Waals surface area contributed by atoms with E-state index in [0.717, 1.165) is 43.6 Å². The first-order valence-corrected chi connectivity index (χ1v) is 7.46. The zero-order chi connectivity index (χ0) is 15.2. The fourth-order valence-electron chi connectivity index (χ4n) is 2.76. The van der Waals surface area contributed by atoms with Crippen LogP contribution in [-0.2, 0) is 4.74 Å². The van der Waals surface area contributed by atoms with Crippen molar-refractivity contribution in [1.82, 2.24) is 0 Å². The van der Waals surface area contributed by atoms with Gasteiger partial charge in [-0.05, 0) is 31.7 Å². The molecule has 1 aliphatic carbocycles. The van der Waals surface area contributed by atoms with Gasteiger partial charge in [0.05, 0.1) is 17.1 Å². The summed E-state index contributed by atoms with van der Waals surface area (Å²) in [6, 6.07) is 5.30. The summed E-state index contributed by atoms with van der Waals surface area (Å²) in [7, 11) is 1.71. The molecule has 0 amide bonds. The summed E-state index contributed by atoms with van der Waals surface area (Å²) in [4.78, 5) is 10.7. The quantitative estimate of drug-likeness (QED) is 0.595. The van der Waals surface area contributed by atoms with Crippen LogP contribution in [-0.4, -0.2) is 30.7 Å². The van der Waals surface area contributed by atoms with E-state index in [9.17, 15) is 10.1 Å². The van der Waals surface area contributed by atoms with Gasteiger partial charge in [0, 0.05) is 37.2 Å². The number of nitro groups is 1. The summed E-state index contributed by atoms with van der Waals surface area (Å²) in [5.74, 6) is 0. The van der Waals surface area contributed by atoms with Crippen LogP contribution >= 0.6 is 0 Å². The molecule has 1 fully saturated rings. The van der Waals surface area contributed by atoms with Gasteiger partial charge in [0.2, 0.25) is 0 Å². The van der Waals surface area contributed by atoms with Gasteiger partial charge in [-0.25, -0.2) is 0 Å². The molecule has 2 unspecified atom stereocenters. The van der Waals surface area contributed by atoms with Gasteiger partial charge in [0.1, 0.15) is 0 Å². The molecular weight excluding hydrogens is 270 g/mol. The summed E-state index contributed by atoms with van der Waals surface area (Å²) in [6.45, 7) is 2.86. The van der Waals surface area contributed by atoms with E-state index in [4.69, 9.17) is 4.74 Å². The summed E-state index contributed by atoms with van der Waals surface area (Å²) >= 11 is 0. The highest BCUT2D eigenvalue weighted by molar-refractivity contribution is 5.63. The number of nitro benzene ring substituents is 1. The van der Waals surface area contributed by atoms with Crippen molar-refractivity contribution in [3.8, 4) is 0 Å². The maximum absolute atomic E-state index is 11.1. The number of hydrogen-bond acceptors (Lipinski definition) is 5. The Morgan fingerprint density at radius 3 is 2.76 bits per heavy atom. The van der Waals surface area contributed by atoms with E-state index in [0.29, 0.717) is 0 Å². The van der Waals surface area contributed by atoms with Crippen molar-refractivity contribution in [1.29, 1.82) is 0 Å². The Kier molecular flexibility index (Phi) is 5.38. The van der Waals surface area contributed by atoms with E-state index in [1.54, 1.807) is 19.2 Å². The first-order chi connectivity index (χ1) is 10.1. The number of ether oxygens (including phenoxy) is 1. The predicted octanol–water partition coefficient (Wildman–Crippen LogP) is 3.40. The molecular formula is C15H23N3O3. The Morgan fingerprint density at radius 2 is 2.10 bits per heavy atom. The zero-order valence-corrected chi connectivity index (χ0v) is 12.6. The van der Waals surface area contributed by atoms with Crippen LogP contribution in [0.25, 0.3) is 0 Å². The van der Waals surface area contributed by atoms with Crippen molar-refractivity contribution < 1.29 is 9.66 Å². The second-order valence-corrected chi connectivity index (χ2v) is 5.41. The van der Waals surface area contributed by atoms with Gasteiger partial charge in [0.25, 0.3) is 5.69 Å². The standard InChI is InChI=1S/C15H23N3O3/c1-3-7-16-11-8-12(10-13(9-11)18(19)20)17-14-5-4-6-15(14)21-2/h8-10,14-17H,3-7H2,1-2H3. The minimum atomic E-state index is -0.356. The van der Waals surface area contributed by atoms with Gasteiger partial charge in [-0.15, -0.1) is 0 Å². The minimum Gasteiger partial charge on any atom is -0.385 e. The summed E-state index contributed by atoms with van der Waals surface area (Å²) in [6.07, 6.45) is 4.32. The maximum Gasteiger partial charge on any atom is 0.273 e. The zero-order valence-electron chi connectivity index (χ0n) is 12.6. The Bertz CT molecular complexity index is 493. The van der Waals surface area contributed by atoms with Crippen LogP contribution in [0.5, 0.6) is 0 Å². The third-order valence-corrected chi connectivity index (χ3v) is 3.82. The van der Waals surface area contributed by atoms with E-state index in [-0.39, 0.29) is 22.8 Å². The molecule has 2 atom stereocenters. The lowest BCUT2D eigenvalue weighted by Gasteiger charge is -2.21. The van der Waals surface area contributed by atoms with Gasteiger partial charge in [-0.3, -0.25) is 10.1 Å². The lowest BCUT2D eigenvalue weighted by Crippen LogP contribution is -2.29. The lowest BCUT2D eigenvalue weighted by molar-refractivity contribution is -0.384. The van der Waals surface area contributed by atoms with Crippen molar-refractivity contribution >= 4 is 17.1 Å². The van der Waals surface area contributed by atoms with E-state index in [1.807, 2.05) is 6.07 Å². The fourth-order valence-corrected chi connectivity index (χ4v) is 2.76. The Hall–Kier alpha value is -1.82. The molecule has 0 aromatic heterocycles. The van der Waals surface area contributed by atoms with Crippen molar-refractivity contribution in [2.24, 2.45) is 0 Å². The Balaban J connectivity index is 2.16. The van der Waals surface area contributed by atoms with Crippen molar-refractivity contribution in [2.75, 3.05) is 24.3 Å². The van der Waals surface area contributed by atoms with Crippen LogP contribution in [0, 0.1) is 10.1 Å². The molecule has 0 spiro atoms. The van der Waals surface area contributed by atoms with E-state index < -0.39 is 0 Å². The first kappa shape index (κ1) is 15.6. The largest absolute Gasteiger partial charge is 0.385 e. The maximum atomic E-state index is 11.1. The molecule has 0 bridgehead atoms. The molecule has 6 heteroatoms. The summed E-state index contributed by atoms with van der Waals surface area (Å²) in [5.41, 5.74) is 1.66. The second kappa shape index (κ2) is 7.26. The third kappa shape index (κ3) is 4.07. The van der Waals surface area contributed by atoms with Gasteiger partial charge < -0.3 is 15.4 Å². The number of nitrogens with zero attached hydrogens (tertiary/aromatic N) is 1. The average Bonchev–Trinajstić information content (AvgIpc) is 2.92. The van der Waals surface area contributed by atoms with Crippen LogP contribution in [0.3, 0.4) is 0 Å². The molecule has 1 aromatic carbocycles. The number of rotatable bonds is 7. The van der Waals surface area contributed by atoms with Gasteiger partial charge in [0.15, 0.2) is 0 Å². The molecule has 1 aromatic rings. The van der Waals surface area contributed by atoms with Gasteiger partial charge in [-0.1, -0.05) is 6.92 Å². The van der Waals surface area contributed by atoms with Crippen LogP contribution in [0.2, 0.25) is 0 Å². The second-order valence-electron chi connectivity index (χ2n) is 5.41. The SMILES string of the molecule is CCCNc1cc(NC2CCCC2OC)cc([N+](=O)[O-])c1. The van der Waals surface area contributed by atoms with Crippen LogP contribution in [0.1, 0.15) is 32.6 Å². The van der Waals surface area contributed by atoms with E-state index in [1.165, 1.54) is 0 Å². The smallest absolute Gasteiger partial charge is 0.273 e. The highest BCUT2D eigenvalue weighted by atomic mass is 16.6. The number of benzene rings is 1. The molecule has 1 aliphatic rings. The average molecular weight is 293 g/mol. The Morgan fingerprint density at radius 1 is 1.33 bits per heavy atom. The number of methoxy groups -OCH3 is 1.